The van der Waals surface area contributed by atoms with Crippen LogP contribution < -0.4 is 4.74 Å². The summed E-state index contributed by atoms with van der Waals surface area (Å²) in [7, 11) is 1.67. The van der Waals surface area contributed by atoms with Gasteiger partial charge in [-0.25, -0.2) is 0 Å². The van der Waals surface area contributed by atoms with Crippen molar-refractivity contribution in [3.05, 3.63) is 29.3 Å². The number of hydrogen-bond donors (Lipinski definition) is 1. The molecular formula is C15H24O2. The van der Waals surface area contributed by atoms with Crippen LogP contribution in [0.3, 0.4) is 0 Å². The number of ether oxygens (including phenoxy) is 1. The molecule has 1 atom stereocenters. The van der Waals surface area contributed by atoms with Crippen LogP contribution in [0.1, 0.15) is 45.2 Å². The second kappa shape index (κ2) is 5.54. The average Bonchev–Trinajstić information content (AvgIpc) is 2.28. The maximum atomic E-state index is 9.52. The van der Waals surface area contributed by atoms with Crippen LogP contribution in [-0.4, -0.2) is 18.3 Å². The van der Waals surface area contributed by atoms with Gasteiger partial charge in [-0.3, -0.25) is 0 Å². The summed E-state index contributed by atoms with van der Waals surface area (Å²) in [6, 6.07) is 6.29. The Balaban J connectivity index is 3.12. The summed E-state index contributed by atoms with van der Waals surface area (Å²) in [6.45, 7) is 8.47. The van der Waals surface area contributed by atoms with E-state index in [4.69, 9.17) is 4.74 Å². The Morgan fingerprint density at radius 1 is 1.35 bits per heavy atom. The molecule has 0 heterocycles. The van der Waals surface area contributed by atoms with E-state index in [1.807, 2.05) is 6.07 Å². The number of aliphatic hydroxyl groups excluding tert-OH is 1. The van der Waals surface area contributed by atoms with Gasteiger partial charge in [0.15, 0.2) is 0 Å². The fourth-order valence-corrected chi connectivity index (χ4v) is 1.88. The normalized spacial score (nSPS) is 13.5. The lowest BCUT2D eigenvalue weighted by molar-refractivity contribution is 0.194. The van der Waals surface area contributed by atoms with Crippen LogP contribution in [0.4, 0.5) is 0 Å². The number of benzene rings is 1. The first kappa shape index (κ1) is 14.0. The maximum Gasteiger partial charge on any atom is 0.122 e. The minimum Gasteiger partial charge on any atom is -0.496 e. The summed E-state index contributed by atoms with van der Waals surface area (Å²) in [5.41, 5.74) is 2.55. The molecule has 1 aromatic rings. The Kier molecular flexibility index (Phi) is 4.58. The SMILES string of the molecule is CCC(C)(C)c1ccc(OC)c(CC(C)O)c1. The molecule has 1 rings (SSSR count). The van der Waals surface area contributed by atoms with Gasteiger partial charge in [0.05, 0.1) is 13.2 Å². The number of methoxy groups -OCH3 is 1. The van der Waals surface area contributed by atoms with E-state index in [9.17, 15) is 5.11 Å². The van der Waals surface area contributed by atoms with Crippen molar-refractivity contribution >= 4 is 0 Å². The van der Waals surface area contributed by atoms with Crippen molar-refractivity contribution in [3.63, 3.8) is 0 Å². The molecule has 17 heavy (non-hydrogen) atoms. The Morgan fingerprint density at radius 2 is 2.00 bits per heavy atom. The van der Waals surface area contributed by atoms with E-state index >= 15 is 0 Å². The smallest absolute Gasteiger partial charge is 0.122 e. The molecule has 2 heteroatoms. The fourth-order valence-electron chi connectivity index (χ4n) is 1.88. The van der Waals surface area contributed by atoms with Crippen molar-refractivity contribution in [2.45, 2.75) is 52.1 Å². The first-order chi connectivity index (χ1) is 7.90. The van der Waals surface area contributed by atoms with Crippen LogP contribution in [0.5, 0.6) is 5.75 Å². The van der Waals surface area contributed by atoms with Crippen molar-refractivity contribution < 1.29 is 9.84 Å². The predicted molar refractivity (Wildman–Crippen MR) is 71.7 cm³/mol. The van der Waals surface area contributed by atoms with Gasteiger partial charge in [-0.15, -0.1) is 0 Å². The lowest BCUT2D eigenvalue weighted by Crippen LogP contribution is -2.16. The predicted octanol–water partition coefficient (Wildman–Crippen LogP) is 3.31. The molecular weight excluding hydrogens is 212 g/mol. The standard InChI is InChI=1S/C15H24O2/c1-6-15(3,4)13-7-8-14(17-5)12(10-13)9-11(2)16/h7-8,10-11,16H,6,9H2,1-5H3. The Hall–Kier alpha value is -1.02. The van der Waals surface area contributed by atoms with Gasteiger partial charge in [0.2, 0.25) is 0 Å². The van der Waals surface area contributed by atoms with Crippen LogP contribution in [0.15, 0.2) is 18.2 Å². The van der Waals surface area contributed by atoms with Crippen molar-refractivity contribution in [3.8, 4) is 5.75 Å². The second-order valence-electron chi connectivity index (χ2n) is 5.32. The van der Waals surface area contributed by atoms with E-state index in [0.29, 0.717) is 6.42 Å². The molecule has 1 unspecified atom stereocenters. The van der Waals surface area contributed by atoms with Gasteiger partial charge in [-0.05, 0) is 36.0 Å². The van der Waals surface area contributed by atoms with Crippen LogP contribution in [0.25, 0.3) is 0 Å². The van der Waals surface area contributed by atoms with Crippen molar-refractivity contribution in [1.29, 1.82) is 0 Å². The Morgan fingerprint density at radius 3 is 2.47 bits per heavy atom. The molecule has 0 saturated carbocycles. The summed E-state index contributed by atoms with van der Waals surface area (Å²) in [6.07, 6.45) is 1.38. The molecule has 0 spiro atoms. The molecule has 0 aliphatic carbocycles. The van der Waals surface area contributed by atoms with E-state index in [-0.39, 0.29) is 11.5 Å². The van der Waals surface area contributed by atoms with Gasteiger partial charge >= 0.3 is 0 Å². The molecule has 0 aliphatic rings. The average molecular weight is 236 g/mol. The van der Waals surface area contributed by atoms with Crippen LogP contribution in [0, 0.1) is 0 Å². The quantitative estimate of drug-likeness (QED) is 0.850. The van der Waals surface area contributed by atoms with Crippen molar-refractivity contribution in [2.24, 2.45) is 0 Å². The third-order valence-electron chi connectivity index (χ3n) is 3.46. The molecule has 0 saturated heterocycles. The molecule has 0 amide bonds. The highest BCUT2D eigenvalue weighted by Gasteiger charge is 2.19. The number of aliphatic hydroxyl groups is 1. The van der Waals surface area contributed by atoms with E-state index in [1.54, 1.807) is 14.0 Å². The van der Waals surface area contributed by atoms with E-state index in [0.717, 1.165) is 17.7 Å². The summed E-state index contributed by atoms with van der Waals surface area (Å²) in [4.78, 5) is 0. The molecule has 96 valence electrons. The van der Waals surface area contributed by atoms with Gasteiger partial charge in [-0.2, -0.15) is 0 Å². The minimum atomic E-state index is -0.344. The Labute approximate surface area is 105 Å². The molecule has 0 bridgehead atoms. The van der Waals surface area contributed by atoms with Crippen LogP contribution in [0.2, 0.25) is 0 Å². The minimum absolute atomic E-state index is 0.166. The molecule has 1 aromatic carbocycles. The largest absolute Gasteiger partial charge is 0.496 e. The van der Waals surface area contributed by atoms with E-state index in [2.05, 4.69) is 32.9 Å². The van der Waals surface area contributed by atoms with E-state index < -0.39 is 0 Å². The first-order valence-corrected chi connectivity index (χ1v) is 6.26. The number of hydrogen-bond acceptors (Lipinski definition) is 2. The summed E-state index contributed by atoms with van der Waals surface area (Å²) in [5, 5.41) is 9.52. The van der Waals surface area contributed by atoms with Gasteiger partial charge in [0.1, 0.15) is 5.75 Å². The maximum absolute atomic E-state index is 9.52. The van der Waals surface area contributed by atoms with Gasteiger partial charge in [-0.1, -0.05) is 32.9 Å². The van der Waals surface area contributed by atoms with Crippen molar-refractivity contribution in [1.82, 2.24) is 0 Å². The third kappa shape index (κ3) is 3.47. The molecule has 0 radical (unpaired) electrons. The van der Waals surface area contributed by atoms with Crippen molar-refractivity contribution in [2.75, 3.05) is 7.11 Å². The summed E-state index contributed by atoms with van der Waals surface area (Å²) < 4.78 is 5.34. The molecule has 0 fully saturated rings. The molecule has 2 nitrogen and oxygen atoms in total. The highest BCUT2D eigenvalue weighted by molar-refractivity contribution is 5.40. The molecule has 0 aromatic heterocycles. The summed E-state index contributed by atoms with van der Waals surface area (Å²) in [5.74, 6) is 0.863. The monoisotopic (exact) mass is 236 g/mol. The first-order valence-electron chi connectivity index (χ1n) is 6.26. The molecule has 1 N–H and O–H groups in total. The highest BCUT2D eigenvalue weighted by Crippen LogP contribution is 2.31. The van der Waals surface area contributed by atoms with Crippen LogP contribution >= 0.6 is 0 Å². The Bertz CT molecular complexity index is 367. The van der Waals surface area contributed by atoms with Gasteiger partial charge < -0.3 is 9.84 Å². The van der Waals surface area contributed by atoms with Crippen LogP contribution in [-0.2, 0) is 11.8 Å². The van der Waals surface area contributed by atoms with E-state index in [1.165, 1.54) is 5.56 Å². The zero-order valence-electron chi connectivity index (χ0n) is 11.6. The third-order valence-corrected chi connectivity index (χ3v) is 3.46. The zero-order chi connectivity index (χ0) is 13.1. The number of rotatable bonds is 5. The second-order valence-corrected chi connectivity index (χ2v) is 5.32. The topological polar surface area (TPSA) is 29.5 Å². The zero-order valence-corrected chi connectivity index (χ0v) is 11.6. The van der Waals surface area contributed by atoms with Gasteiger partial charge in [0, 0.05) is 6.42 Å². The van der Waals surface area contributed by atoms with Gasteiger partial charge in [0.25, 0.3) is 0 Å². The summed E-state index contributed by atoms with van der Waals surface area (Å²) >= 11 is 0. The fraction of sp³-hybridized carbons (Fsp3) is 0.600. The molecule has 0 aliphatic heterocycles. The highest BCUT2D eigenvalue weighted by atomic mass is 16.5. The lowest BCUT2D eigenvalue weighted by Gasteiger charge is -2.25. The lowest BCUT2D eigenvalue weighted by atomic mass is 9.81.